The quantitative estimate of drug-likeness (QED) is 0.846. The van der Waals surface area contributed by atoms with Gasteiger partial charge in [-0.1, -0.05) is 0 Å². The Morgan fingerprint density at radius 2 is 1.94 bits per heavy atom. The minimum Gasteiger partial charge on any atom is -0.292 e. The van der Waals surface area contributed by atoms with Crippen molar-refractivity contribution in [1.29, 1.82) is 0 Å². The molecule has 1 N–H and O–H groups in total. The number of aryl methyl sites for hydroxylation is 3. The Kier molecular flexibility index (Phi) is 4.70. The van der Waals surface area contributed by atoms with Crippen LogP contribution >= 0.6 is 0 Å². The molecule has 1 aromatic rings. The molecule has 0 saturated carbocycles. The van der Waals surface area contributed by atoms with Crippen molar-refractivity contribution < 1.29 is 18.0 Å². The van der Waals surface area contributed by atoms with Gasteiger partial charge in [-0.3, -0.25) is 9.82 Å². The van der Waals surface area contributed by atoms with E-state index < -0.39 is 12.8 Å². The lowest BCUT2D eigenvalue weighted by molar-refractivity contribution is -0.192. The summed E-state index contributed by atoms with van der Waals surface area (Å²) in [6.45, 7) is 6.04. The number of rotatable bonds is 4. The summed E-state index contributed by atoms with van der Waals surface area (Å²) in [5.41, 5.74) is 5.92. The molecule has 3 nitrogen and oxygen atoms in total. The van der Waals surface area contributed by atoms with E-state index in [9.17, 15) is 13.2 Å². The highest BCUT2D eigenvalue weighted by Crippen LogP contribution is 2.21. The molecule has 0 bridgehead atoms. The van der Waals surface area contributed by atoms with Crippen LogP contribution in [0, 0.1) is 20.8 Å². The average molecular weight is 262 g/mol. The Morgan fingerprint density at radius 1 is 1.33 bits per heavy atom. The van der Waals surface area contributed by atoms with Crippen LogP contribution in [-0.4, -0.2) is 17.8 Å². The van der Waals surface area contributed by atoms with Gasteiger partial charge >= 0.3 is 6.18 Å². The third-order valence-corrected chi connectivity index (χ3v) is 2.51. The zero-order valence-electron chi connectivity index (χ0n) is 10.9. The highest BCUT2D eigenvalue weighted by Gasteiger charge is 2.28. The molecule has 0 fully saturated rings. The molecule has 0 amide bonds. The van der Waals surface area contributed by atoms with Crippen LogP contribution in [0.3, 0.4) is 0 Å². The predicted molar refractivity (Wildman–Crippen MR) is 62.0 cm³/mol. The average Bonchev–Trinajstić information content (AvgIpc) is 2.13. The first kappa shape index (κ1) is 14.9. The molecule has 1 rings (SSSR count). The van der Waals surface area contributed by atoms with Crippen LogP contribution in [-0.2, 0) is 4.84 Å². The lowest BCUT2D eigenvalue weighted by Crippen LogP contribution is -2.27. The van der Waals surface area contributed by atoms with Gasteiger partial charge in [0.2, 0.25) is 0 Å². The highest BCUT2D eigenvalue weighted by atomic mass is 19.4. The fourth-order valence-electron chi connectivity index (χ4n) is 2.00. The van der Waals surface area contributed by atoms with Crippen LogP contribution in [0.1, 0.15) is 35.5 Å². The van der Waals surface area contributed by atoms with Crippen molar-refractivity contribution in [3.63, 3.8) is 0 Å². The van der Waals surface area contributed by atoms with Crippen LogP contribution in [0.15, 0.2) is 6.07 Å². The minimum atomic E-state index is -4.33. The number of nitrogens with zero attached hydrogens (tertiary/aromatic N) is 1. The molecule has 0 radical (unpaired) electrons. The molecule has 1 aromatic heterocycles. The van der Waals surface area contributed by atoms with Crippen molar-refractivity contribution >= 4 is 0 Å². The zero-order valence-corrected chi connectivity index (χ0v) is 10.9. The van der Waals surface area contributed by atoms with Crippen LogP contribution in [0.2, 0.25) is 0 Å². The van der Waals surface area contributed by atoms with Gasteiger partial charge in [0.05, 0.1) is 6.04 Å². The van der Waals surface area contributed by atoms with Crippen LogP contribution < -0.4 is 5.48 Å². The molecular weight excluding hydrogens is 245 g/mol. The summed E-state index contributed by atoms with van der Waals surface area (Å²) < 4.78 is 35.8. The van der Waals surface area contributed by atoms with E-state index in [4.69, 9.17) is 0 Å². The van der Waals surface area contributed by atoms with Gasteiger partial charge in [-0.2, -0.15) is 18.7 Å². The zero-order chi connectivity index (χ0) is 13.9. The van der Waals surface area contributed by atoms with Crippen LogP contribution in [0.4, 0.5) is 13.2 Å². The first-order valence-corrected chi connectivity index (χ1v) is 5.59. The van der Waals surface area contributed by atoms with Gasteiger partial charge in [0.15, 0.2) is 6.61 Å². The summed E-state index contributed by atoms with van der Waals surface area (Å²) in [5, 5.41) is 0. The fourth-order valence-corrected chi connectivity index (χ4v) is 2.00. The van der Waals surface area contributed by atoms with Gasteiger partial charge < -0.3 is 0 Å². The maximum absolute atomic E-state index is 11.9. The van der Waals surface area contributed by atoms with Crippen molar-refractivity contribution in [2.75, 3.05) is 6.61 Å². The second kappa shape index (κ2) is 5.67. The molecule has 18 heavy (non-hydrogen) atoms. The van der Waals surface area contributed by atoms with Gasteiger partial charge in [0, 0.05) is 11.4 Å². The van der Waals surface area contributed by atoms with E-state index in [1.54, 1.807) is 6.92 Å². The first-order valence-electron chi connectivity index (χ1n) is 5.59. The second-order valence-corrected chi connectivity index (χ2v) is 4.32. The van der Waals surface area contributed by atoms with Crippen molar-refractivity contribution in [2.45, 2.75) is 39.9 Å². The molecule has 0 aromatic carbocycles. The van der Waals surface area contributed by atoms with Gasteiger partial charge in [-0.05, 0) is 44.9 Å². The predicted octanol–water partition coefficient (Wildman–Crippen LogP) is 3.15. The van der Waals surface area contributed by atoms with E-state index in [0.29, 0.717) is 0 Å². The molecule has 1 unspecified atom stereocenters. The van der Waals surface area contributed by atoms with Crippen molar-refractivity contribution in [2.24, 2.45) is 0 Å². The maximum Gasteiger partial charge on any atom is 0.413 e. The third kappa shape index (κ3) is 4.27. The van der Waals surface area contributed by atoms with Gasteiger partial charge in [-0.15, -0.1) is 0 Å². The Labute approximate surface area is 104 Å². The van der Waals surface area contributed by atoms with E-state index in [1.807, 2.05) is 26.8 Å². The molecule has 0 aliphatic heterocycles. The standard InChI is InChI=1S/C12H17F3N2O/c1-7-5-8(2)16-9(3)11(7)10(4)17-18-6-12(13,14)15/h5,10,17H,6H2,1-4H3. The van der Waals surface area contributed by atoms with Gasteiger partial charge in [0.1, 0.15) is 0 Å². The number of aromatic nitrogens is 1. The third-order valence-electron chi connectivity index (χ3n) is 2.51. The largest absolute Gasteiger partial charge is 0.413 e. The Bertz CT molecular complexity index is 395. The number of nitrogens with one attached hydrogen (secondary N) is 1. The summed E-state index contributed by atoms with van der Waals surface area (Å²) in [7, 11) is 0. The van der Waals surface area contributed by atoms with Crippen LogP contribution in [0.5, 0.6) is 0 Å². The van der Waals surface area contributed by atoms with E-state index in [2.05, 4.69) is 15.3 Å². The normalized spacial score (nSPS) is 13.7. The van der Waals surface area contributed by atoms with Crippen molar-refractivity contribution in [3.05, 3.63) is 28.6 Å². The summed E-state index contributed by atoms with van der Waals surface area (Å²) in [6.07, 6.45) is -4.33. The molecule has 0 spiro atoms. The molecular formula is C12H17F3N2O. The fraction of sp³-hybridized carbons (Fsp3) is 0.583. The smallest absolute Gasteiger partial charge is 0.292 e. The van der Waals surface area contributed by atoms with Gasteiger partial charge in [0.25, 0.3) is 0 Å². The van der Waals surface area contributed by atoms with Crippen molar-refractivity contribution in [1.82, 2.24) is 10.5 Å². The number of halogens is 3. The lowest BCUT2D eigenvalue weighted by atomic mass is 10.0. The Hall–Kier alpha value is -1.14. The number of hydrogen-bond acceptors (Lipinski definition) is 3. The number of alkyl halides is 3. The Balaban J connectivity index is 2.70. The summed E-state index contributed by atoms with van der Waals surface area (Å²) in [5.74, 6) is 0. The topological polar surface area (TPSA) is 34.1 Å². The van der Waals surface area contributed by atoms with Crippen LogP contribution in [0.25, 0.3) is 0 Å². The van der Waals surface area contributed by atoms with E-state index >= 15 is 0 Å². The maximum atomic E-state index is 11.9. The minimum absolute atomic E-state index is 0.347. The lowest BCUT2D eigenvalue weighted by Gasteiger charge is -2.19. The number of hydrogen-bond donors (Lipinski definition) is 1. The molecule has 6 heteroatoms. The molecule has 0 saturated heterocycles. The number of pyridine rings is 1. The van der Waals surface area contributed by atoms with E-state index in [-0.39, 0.29) is 6.04 Å². The monoisotopic (exact) mass is 262 g/mol. The molecule has 0 aliphatic rings. The van der Waals surface area contributed by atoms with Crippen molar-refractivity contribution in [3.8, 4) is 0 Å². The van der Waals surface area contributed by atoms with Gasteiger partial charge in [-0.25, -0.2) is 0 Å². The summed E-state index contributed by atoms with van der Waals surface area (Å²) >= 11 is 0. The number of hydroxylamine groups is 1. The highest BCUT2D eigenvalue weighted by molar-refractivity contribution is 5.33. The molecule has 102 valence electrons. The first-order chi connectivity index (χ1) is 8.20. The summed E-state index contributed by atoms with van der Waals surface area (Å²) in [4.78, 5) is 8.75. The molecule has 1 heterocycles. The second-order valence-electron chi connectivity index (χ2n) is 4.32. The molecule has 1 atom stereocenters. The van der Waals surface area contributed by atoms with E-state index in [1.165, 1.54) is 0 Å². The van der Waals surface area contributed by atoms with E-state index in [0.717, 1.165) is 22.5 Å². The SMILES string of the molecule is Cc1cc(C)c(C(C)NOCC(F)(F)F)c(C)n1. The Morgan fingerprint density at radius 3 is 2.44 bits per heavy atom. The summed E-state index contributed by atoms with van der Waals surface area (Å²) in [6, 6.07) is 1.55. The molecule has 0 aliphatic carbocycles.